The number of benzene rings is 2. The van der Waals surface area contributed by atoms with Crippen LogP contribution in [0.15, 0.2) is 36.4 Å². The molecule has 0 aliphatic carbocycles. The second kappa shape index (κ2) is 6.58. The average Bonchev–Trinajstić information content (AvgIpc) is 2.47. The fourth-order valence-electron chi connectivity index (χ4n) is 2.31. The van der Waals surface area contributed by atoms with Crippen LogP contribution in [0, 0.1) is 0 Å². The van der Waals surface area contributed by atoms with Crippen molar-refractivity contribution < 1.29 is 18.7 Å². The van der Waals surface area contributed by atoms with Gasteiger partial charge in [-0.25, -0.2) is 0 Å². The van der Waals surface area contributed by atoms with Gasteiger partial charge in [0.25, 0.3) is 0 Å². The molecular weight excluding hydrogens is 289 g/mol. The van der Waals surface area contributed by atoms with E-state index in [4.69, 9.17) is 14.8 Å². The van der Waals surface area contributed by atoms with Crippen molar-refractivity contribution in [1.29, 1.82) is 0 Å². The van der Waals surface area contributed by atoms with Crippen molar-refractivity contribution in [2.24, 2.45) is 5.73 Å². The highest BCUT2D eigenvalue weighted by atomic mass is 31.2. The Bertz CT molecular complexity index is 664. The fourth-order valence-corrected chi connectivity index (χ4v) is 4.01. The van der Waals surface area contributed by atoms with E-state index in [9.17, 15) is 9.67 Å². The van der Waals surface area contributed by atoms with Crippen molar-refractivity contribution in [3.05, 3.63) is 42.0 Å². The molecule has 0 heterocycles. The molecule has 2 rings (SSSR count). The van der Waals surface area contributed by atoms with E-state index >= 15 is 0 Å². The molecule has 0 saturated carbocycles. The molecule has 0 spiro atoms. The lowest BCUT2D eigenvalue weighted by Crippen LogP contribution is -2.15. The van der Waals surface area contributed by atoms with Gasteiger partial charge in [0.05, 0.1) is 13.2 Å². The van der Waals surface area contributed by atoms with Crippen molar-refractivity contribution in [2.45, 2.75) is 19.6 Å². The number of fused-ring (bicyclic) bond motifs is 1. The Morgan fingerprint density at radius 1 is 1.14 bits per heavy atom. The van der Waals surface area contributed by atoms with E-state index in [1.165, 1.54) is 0 Å². The molecule has 2 aromatic rings. The minimum absolute atomic E-state index is 0.0131. The van der Waals surface area contributed by atoms with E-state index in [0.29, 0.717) is 5.56 Å². The summed E-state index contributed by atoms with van der Waals surface area (Å²) in [6.07, 6.45) is 0. The molecule has 6 heteroatoms. The smallest absolute Gasteiger partial charge is 0.351 e. The van der Waals surface area contributed by atoms with E-state index in [2.05, 4.69) is 0 Å². The number of nitrogens with two attached hydrogens (primary N) is 1. The lowest BCUT2D eigenvalue weighted by molar-refractivity contribution is 0.212. The first-order valence-corrected chi connectivity index (χ1v) is 8.49. The van der Waals surface area contributed by atoms with Gasteiger partial charge in [-0.3, -0.25) is 4.57 Å². The maximum Gasteiger partial charge on any atom is 0.351 e. The Hall–Kier alpha value is -1.39. The third-order valence-corrected chi connectivity index (χ3v) is 5.38. The number of phenolic OH excluding ortho intramolecular Hbond substituents is 1. The first kappa shape index (κ1) is 16.0. The summed E-state index contributed by atoms with van der Waals surface area (Å²) in [5, 5.41) is 11.8. The summed E-state index contributed by atoms with van der Waals surface area (Å²) < 4.78 is 23.4. The van der Waals surface area contributed by atoms with E-state index in [-0.39, 0.29) is 19.0 Å². The van der Waals surface area contributed by atoms with Crippen molar-refractivity contribution in [3.63, 3.8) is 0 Å². The molecule has 0 aromatic heterocycles. The van der Waals surface area contributed by atoms with Gasteiger partial charge >= 0.3 is 7.60 Å². The maximum atomic E-state index is 12.8. The largest absolute Gasteiger partial charge is 0.508 e. The monoisotopic (exact) mass is 309 g/mol. The third kappa shape index (κ3) is 3.11. The Morgan fingerprint density at radius 2 is 1.76 bits per heavy atom. The van der Waals surface area contributed by atoms with Crippen LogP contribution >= 0.6 is 7.60 Å². The van der Waals surface area contributed by atoms with Crippen molar-refractivity contribution in [2.75, 3.05) is 13.2 Å². The Balaban J connectivity index is 2.59. The van der Waals surface area contributed by atoms with Gasteiger partial charge in [-0.1, -0.05) is 30.3 Å². The average molecular weight is 309 g/mol. The minimum Gasteiger partial charge on any atom is -0.508 e. The quantitative estimate of drug-likeness (QED) is 0.794. The van der Waals surface area contributed by atoms with E-state index in [0.717, 1.165) is 10.8 Å². The van der Waals surface area contributed by atoms with Crippen LogP contribution in [0.1, 0.15) is 25.2 Å². The molecule has 0 saturated heterocycles. The van der Waals surface area contributed by atoms with Gasteiger partial charge in [0.1, 0.15) is 11.5 Å². The lowest BCUT2D eigenvalue weighted by atomic mass is 10.0. The number of phenols is 1. The number of rotatable bonds is 6. The molecule has 3 N–H and O–H groups in total. The van der Waals surface area contributed by atoms with Crippen LogP contribution in [0.5, 0.6) is 5.75 Å². The predicted molar refractivity (Wildman–Crippen MR) is 83.4 cm³/mol. The first-order chi connectivity index (χ1) is 10.0. The lowest BCUT2D eigenvalue weighted by Gasteiger charge is -2.25. The molecule has 0 bridgehead atoms. The SMILES string of the molecule is CCOP(=O)(OCC)[C@@H](N)c1c(O)ccc2ccccc12. The third-order valence-electron chi connectivity index (χ3n) is 3.20. The van der Waals surface area contributed by atoms with E-state index < -0.39 is 13.4 Å². The first-order valence-electron chi connectivity index (χ1n) is 6.88. The van der Waals surface area contributed by atoms with Crippen molar-refractivity contribution in [1.82, 2.24) is 0 Å². The van der Waals surface area contributed by atoms with Crippen LogP contribution in [-0.4, -0.2) is 18.3 Å². The summed E-state index contributed by atoms with van der Waals surface area (Å²) in [4.78, 5) is 0. The molecule has 0 fully saturated rings. The Morgan fingerprint density at radius 3 is 2.38 bits per heavy atom. The molecule has 5 nitrogen and oxygen atoms in total. The number of hydrogen-bond acceptors (Lipinski definition) is 5. The molecule has 114 valence electrons. The topological polar surface area (TPSA) is 81.8 Å². The molecule has 21 heavy (non-hydrogen) atoms. The van der Waals surface area contributed by atoms with Crippen LogP contribution in [0.4, 0.5) is 0 Å². The molecule has 0 amide bonds. The maximum absolute atomic E-state index is 12.8. The normalized spacial score (nSPS) is 13.5. The van der Waals surface area contributed by atoms with Gasteiger partial charge in [-0.2, -0.15) is 0 Å². The van der Waals surface area contributed by atoms with Crippen LogP contribution in [0.2, 0.25) is 0 Å². The zero-order chi connectivity index (χ0) is 15.5. The van der Waals surface area contributed by atoms with Gasteiger partial charge in [0.2, 0.25) is 0 Å². The fraction of sp³-hybridized carbons (Fsp3) is 0.333. The van der Waals surface area contributed by atoms with Gasteiger partial charge in [-0.15, -0.1) is 0 Å². The summed E-state index contributed by atoms with van der Waals surface area (Å²) in [5.41, 5.74) is 6.53. The second-order valence-electron chi connectivity index (χ2n) is 4.54. The van der Waals surface area contributed by atoms with Crippen LogP contribution in [0.3, 0.4) is 0 Å². The molecule has 1 atom stereocenters. The number of aromatic hydroxyl groups is 1. The summed E-state index contributed by atoms with van der Waals surface area (Å²) in [5.74, 6) is -1.05. The van der Waals surface area contributed by atoms with Crippen LogP contribution in [-0.2, 0) is 13.6 Å². The Labute approximate surface area is 124 Å². The molecule has 2 aromatic carbocycles. The van der Waals surface area contributed by atoms with Gasteiger partial charge in [0.15, 0.2) is 0 Å². The molecule has 0 unspecified atom stereocenters. The van der Waals surface area contributed by atoms with Crippen molar-refractivity contribution in [3.8, 4) is 5.75 Å². The standard InChI is InChI=1S/C15H20NO4P/c1-3-19-21(18,20-4-2)15(16)14-12-8-6-5-7-11(12)9-10-13(14)17/h5-10,15,17H,3-4,16H2,1-2H3/t15-/m1/s1. The van der Waals surface area contributed by atoms with E-state index in [1.54, 1.807) is 26.0 Å². The van der Waals surface area contributed by atoms with Gasteiger partial charge in [-0.05, 0) is 30.7 Å². The summed E-state index contributed by atoms with van der Waals surface area (Å²) >= 11 is 0. The second-order valence-corrected chi connectivity index (χ2v) is 6.69. The molecule has 0 aliphatic heterocycles. The number of hydrogen-bond donors (Lipinski definition) is 2. The van der Waals surface area contributed by atoms with Crippen LogP contribution < -0.4 is 5.73 Å². The van der Waals surface area contributed by atoms with Crippen LogP contribution in [0.25, 0.3) is 10.8 Å². The minimum atomic E-state index is -3.55. The highest BCUT2D eigenvalue weighted by Crippen LogP contribution is 2.60. The predicted octanol–water partition coefficient (Wildman–Crippen LogP) is 3.77. The van der Waals surface area contributed by atoms with E-state index in [1.807, 2.05) is 24.3 Å². The molecule has 0 aliphatic rings. The zero-order valence-corrected chi connectivity index (χ0v) is 13.0. The van der Waals surface area contributed by atoms with Gasteiger partial charge < -0.3 is 19.9 Å². The van der Waals surface area contributed by atoms with Crippen molar-refractivity contribution >= 4 is 18.4 Å². The summed E-state index contributed by atoms with van der Waals surface area (Å²) in [6, 6.07) is 10.8. The zero-order valence-electron chi connectivity index (χ0n) is 12.2. The Kier molecular flexibility index (Phi) is 5.01. The molecule has 0 radical (unpaired) electrons. The molecular formula is C15H20NO4P. The van der Waals surface area contributed by atoms with Gasteiger partial charge in [0, 0.05) is 5.56 Å². The highest BCUT2D eigenvalue weighted by molar-refractivity contribution is 7.54. The summed E-state index contributed by atoms with van der Waals surface area (Å²) in [6.45, 7) is 3.88. The highest BCUT2D eigenvalue weighted by Gasteiger charge is 2.36. The summed E-state index contributed by atoms with van der Waals surface area (Å²) in [7, 11) is -3.55.